The van der Waals surface area contributed by atoms with Crippen LogP contribution in [0.5, 0.6) is 5.75 Å². The number of aliphatic carboxylic acids is 1. The highest BCUT2D eigenvalue weighted by atomic mass is 32.2. The normalized spacial score (nSPS) is 17.6. The van der Waals surface area contributed by atoms with Gasteiger partial charge in [0.2, 0.25) is 11.9 Å². The van der Waals surface area contributed by atoms with E-state index in [0.29, 0.717) is 24.2 Å². The number of carbonyl (C=O) groups is 2. The van der Waals surface area contributed by atoms with Crippen molar-refractivity contribution in [2.24, 2.45) is 11.8 Å². The maximum absolute atomic E-state index is 13.9. The molecule has 0 bridgehead atoms. The molecule has 11 nitrogen and oxygen atoms in total. The molecule has 1 amide bonds. The number of hydrogen-bond acceptors (Lipinski definition) is 9. The van der Waals surface area contributed by atoms with Gasteiger partial charge in [-0.1, -0.05) is 13.0 Å². The number of benzene rings is 2. The van der Waals surface area contributed by atoms with Crippen molar-refractivity contribution in [3.05, 3.63) is 81.7 Å². The molecule has 0 spiro atoms. The van der Waals surface area contributed by atoms with E-state index in [1.54, 1.807) is 6.92 Å². The monoisotopic (exact) mass is 869 g/mol. The van der Waals surface area contributed by atoms with Gasteiger partial charge in [-0.25, -0.2) is 18.4 Å². The fourth-order valence-electron chi connectivity index (χ4n) is 6.71. The Morgan fingerprint density at radius 1 is 0.881 bits per heavy atom. The summed E-state index contributed by atoms with van der Waals surface area (Å²) in [5, 5.41) is 17.3. The molecular formula is C38H44F9N5O6S. The molecular weight excluding hydrogens is 825 g/mol. The SMILES string of the molecule is CC(NCC1CCC(CC(=O)NCC(=O)O)CC1)c1ccc(C(F)(F)F)cc1CNc1ncc(OCCS(C)(=O)=O)c([C@@H](C)c2cc(C(F)(F)F)cc(C(F)(F)F)c2)n1. The van der Waals surface area contributed by atoms with Gasteiger partial charge in [0.25, 0.3) is 0 Å². The third kappa shape index (κ3) is 14.2. The van der Waals surface area contributed by atoms with Crippen LogP contribution in [0.25, 0.3) is 0 Å². The summed E-state index contributed by atoms with van der Waals surface area (Å²) in [7, 11) is -3.56. The van der Waals surface area contributed by atoms with Crippen molar-refractivity contribution in [1.29, 1.82) is 0 Å². The Morgan fingerprint density at radius 2 is 1.47 bits per heavy atom. The second-order valence-corrected chi connectivity index (χ2v) is 16.9. The van der Waals surface area contributed by atoms with Gasteiger partial charge in [-0.05, 0) is 98.0 Å². The van der Waals surface area contributed by atoms with Gasteiger partial charge < -0.3 is 25.8 Å². The average Bonchev–Trinajstić information content (AvgIpc) is 3.14. The molecule has 21 heteroatoms. The lowest BCUT2D eigenvalue weighted by Gasteiger charge is -2.29. The van der Waals surface area contributed by atoms with E-state index in [9.17, 15) is 57.5 Å². The van der Waals surface area contributed by atoms with Crippen LogP contribution >= 0.6 is 0 Å². The predicted octanol–water partition coefficient (Wildman–Crippen LogP) is 7.77. The first-order valence-corrected chi connectivity index (χ1v) is 20.5. The molecule has 4 rings (SSSR count). The van der Waals surface area contributed by atoms with Crippen LogP contribution in [0.2, 0.25) is 0 Å². The first-order chi connectivity index (χ1) is 27.3. The summed E-state index contributed by atoms with van der Waals surface area (Å²) < 4.78 is 153. The molecule has 1 saturated carbocycles. The van der Waals surface area contributed by atoms with Gasteiger partial charge in [0, 0.05) is 31.2 Å². The van der Waals surface area contributed by atoms with Crippen molar-refractivity contribution in [1.82, 2.24) is 20.6 Å². The smallest absolute Gasteiger partial charge is 0.416 e. The number of rotatable bonds is 17. The van der Waals surface area contributed by atoms with Crippen LogP contribution in [-0.2, 0) is 44.5 Å². The fourth-order valence-corrected chi connectivity index (χ4v) is 7.10. The van der Waals surface area contributed by atoms with Crippen molar-refractivity contribution < 1.29 is 67.4 Å². The molecule has 0 radical (unpaired) electrons. The Balaban J connectivity index is 1.57. The second-order valence-electron chi connectivity index (χ2n) is 14.6. The lowest BCUT2D eigenvalue weighted by Crippen LogP contribution is -2.33. The van der Waals surface area contributed by atoms with Crippen LogP contribution in [0.4, 0.5) is 45.5 Å². The zero-order valence-electron chi connectivity index (χ0n) is 32.1. The molecule has 59 heavy (non-hydrogen) atoms. The van der Waals surface area contributed by atoms with Crippen molar-refractivity contribution in [2.45, 2.75) is 83.0 Å². The van der Waals surface area contributed by atoms with Crippen molar-refractivity contribution in [3.8, 4) is 5.75 Å². The maximum atomic E-state index is 13.9. The minimum Gasteiger partial charge on any atom is -0.489 e. The number of nitrogens with zero attached hydrogens (tertiary/aromatic N) is 2. The average molecular weight is 870 g/mol. The van der Waals surface area contributed by atoms with Gasteiger partial charge in [0.1, 0.15) is 13.2 Å². The summed E-state index contributed by atoms with van der Waals surface area (Å²) in [5.41, 5.74) is -4.13. The van der Waals surface area contributed by atoms with E-state index in [1.165, 1.54) is 13.0 Å². The maximum Gasteiger partial charge on any atom is 0.416 e. The molecule has 1 heterocycles. The number of carboxylic acid groups (broad SMARTS) is 1. The van der Waals surface area contributed by atoms with E-state index in [1.807, 2.05) is 0 Å². The number of carboxylic acids is 1. The molecule has 1 aliphatic rings. The van der Waals surface area contributed by atoms with Crippen LogP contribution in [0, 0.1) is 11.8 Å². The number of alkyl halides is 9. The second kappa shape index (κ2) is 19.2. The lowest BCUT2D eigenvalue weighted by atomic mass is 9.80. The van der Waals surface area contributed by atoms with Gasteiger partial charge in [-0.15, -0.1) is 0 Å². The Bertz CT molecular complexity index is 2020. The van der Waals surface area contributed by atoms with Crippen LogP contribution in [0.1, 0.15) is 97.0 Å². The largest absolute Gasteiger partial charge is 0.489 e. The first-order valence-electron chi connectivity index (χ1n) is 18.4. The summed E-state index contributed by atoms with van der Waals surface area (Å²) in [6.45, 7) is 2.30. The van der Waals surface area contributed by atoms with E-state index < -0.39 is 87.5 Å². The molecule has 2 aromatic carbocycles. The standard InChI is InChI=1S/C38H44F9N5O6S/c1-21(25-13-28(37(42,43)44)16-29(14-25)38(45,46)47)34-31(58-10-11-59(3,56)57)19-51-35(52-34)50-18-26-15-27(36(39,40)41)8-9-30(26)22(2)48-17-24-6-4-23(5-7-24)12-32(53)49-20-33(54)55/h8-9,13-16,19,21-24,48H,4-7,10-12,17-18,20H2,1-3H3,(H,49,53)(H,54,55)(H,50,51,52)/t21-,22?,23?,24?/m0/s1. The molecule has 1 aliphatic carbocycles. The fraction of sp³-hybridized carbons (Fsp3) is 0.526. The molecule has 326 valence electrons. The van der Waals surface area contributed by atoms with Gasteiger partial charge in [-0.2, -0.15) is 39.5 Å². The molecule has 1 unspecified atom stereocenters. The number of amides is 1. The third-order valence-corrected chi connectivity index (χ3v) is 10.9. The number of ether oxygens (including phenoxy) is 1. The molecule has 1 aromatic heterocycles. The Morgan fingerprint density at radius 3 is 2.03 bits per heavy atom. The van der Waals surface area contributed by atoms with Crippen LogP contribution < -0.4 is 20.7 Å². The highest BCUT2D eigenvalue weighted by Crippen LogP contribution is 2.40. The molecule has 0 saturated heterocycles. The van der Waals surface area contributed by atoms with E-state index in [2.05, 4.69) is 25.9 Å². The van der Waals surface area contributed by atoms with Gasteiger partial charge in [-0.3, -0.25) is 9.59 Å². The summed E-state index contributed by atoms with van der Waals surface area (Å²) >= 11 is 0. The molecule has 1 fully saturated rings. The van der Waals surface area contributed by atoms with E-state index in [-0.39, 0.29) is 59.7 Å². The minimum atomic E-state index is -5.15. The van der Waals surface area contributed by atoms with Crippen molar-refractivity contribution in [2.75, 3.05) is 37.0 Å². The van der Waals surface area contributed by atoms with E-state index in [0.717, 1.165) is 50.3 Å². The zero-order valence-corrected chi connectivity index (χ0v) is 32.9. The first kappa shape index (κ1) is 47.0. The Kier molecular flexibility index (Phi) is 15.3. The highest BCUT2D eigenvalue weighted by Gasteiger charge is 2.38. The molecule has 2 atom stereocenters. The summed E-state index contributed by atoms with van der Waals surface area (Å²) in [5.74, 6) is -3.53. The quantitative estimate of drug-likeness (QED) is 0.0988. The summed E-state index contributed by atoms with van der Waals surface area (Å²) in [6.07, 6.45) is -9.85. The van der Waals surface area contributed by atoms with Gasteiger partial charge in [0.15, 0.2) is 15.6 Å². The van der Waals surface area contributed by atoms with E-state index >= 15 is 0 Å². The number of sulfone groups is 1. The Labute approximate surface area is 334 Å². The van der Waals surface area contributed by atoms with Crippen molar-refractivity contribution in [3.63, 3.8) is 0 Å². The number of anilines is 1. The summed E-state index contributed by atoms with van der Waals surface area (Å²) in [6, 6.07) is 3.73. The minimum absolute atomic E-state index is 0.0313. The van der Waals surface area contributed by atoms with E-state index in [4.69, 9.17) is 9.84 Å². The molecule has 3 aromatic rings. The number of halogens is 9. The highest BCUT2D eigenvalue weighted by molar-refractivity contribution is 7.90. The number of carbonyl (C=O) groups excluding carboxylic acids is 1. The number of aromatic nitrogens is 2. The van der Waals surface area contributed by atoms with Crippen molar-refractivity contribution >= 4 is 27.7 Å². The number of nitrogens with one attached hydrogen (secondary N) is 3. The zero-order chi connectivity index (χ0) is 43.9. The van der Waals surface area contributed by atoms with Crippen LogP contribution in [0.3, 0.4) is 0 Å². The van der Waals surface area contributed by atoms with Gasteiger partial charge in [0.05, 0.1) is 34.3 Å². The Hall–Kier alpha value is -4.66. The van der Waals surface area contributed by atoms with Crippen LogP contribution in [0.15, 0.2) is 42.6 Å². The lowest BCUT2D eigenvalue weighted by molar-refractivity contribution is -0.143. The predicted molar refractivity (Wildman–Crippen MR) is 197 cm³/mol. The summed E-state index contributed by atoms with van der Waals surface area (Å²) in [4.78, 5) is 31.1. The number of hydrogen-bond donors (Lipinski definition) is 4. The van der Waals surface area contributed by atoms with Gasteiger partial charge >= 0.3 is 24.5 Å². The van der Waals surface area contributed by atoms with Crippen LogP contribution in [-0.4, -0.2) is 67.1 Å². The molecule has 0 aliphatic heterocycles. The third-order valence-electron chi connectivity index (χ3n) is 9.98. The molecule has 4 N–H and O–H groups in total. The topological polar surface area (TPSA) is 160 Å².